The molecule has 1 saturated carbocycles. The molecule has 2 atom stereocenters. The van der Waals surface area contributed by atoms with Gasteiger partial charge in [0.15, 0.2) is 11.6 Å². The van der Waals surface area contributed by atoms with Gasteiger partial charge in [0.25, 0.3) is 5.91 Å². The average Bonchev–Trinajstić information content (AvgIpc) is 3.53. The Balaban J connectivity index is 1.37. The SMILES string of the molecule is O=C(NCC1(O)CCCCC1)[C@]1(C/C=C/c2ccccc2)N=C(c2ccc(OCCCO)cc2)O[C@@H]1c1ccc(-c2ccccc2)cc1. The first-order valence-corrected chi connectivity index (χ1v) is 17.0. The second-order valence-corrected chi connectivity index (χ2v) is 12.8. The number of carbonyl (C=O) groups excluding carboxylic acids is 1. The highest BCUT2D eigenvalue weighted by molar-refractivity contribution is 6.01. The number of aliphatic imine (C=N–C) groups is 1. The molecular weight excluding hydrogens is 600 g/mol. The molecule has 4 aromatic rings. The van der Waals surface area contributed by atoms with Gasteiger partial charge >= 0.3 is 0 Å². The largest absolute Gasteiger partial charge is 0.494 e. The molecule has 2 aliphatic rings. The van der Waals surface area contributed by atoms with Gasteiger partial charge in [-0.05, 0) is 59.4 Å². The van der Waals surface area contributed by atoms with Crippen molar-refractivity contribution in [2.24, 2.45) is 4.99 Å². The molecule has 0 spiro atoms. The molecule has 1 fully saturated rings. The number of aliphatic hydroxyl groups excluding tert-OH is 1. The molecule has 1 aliphatic heterocycles. The molecule has 248 valence electrons. The maximum atomic E-state index is 14.6. The van der Waals surface area contributed by atoms with Crippen LogP contribution in [0.25, 0.3) is 17.2 Å². The van der Waals surface area contributed by atoms with Gasteiger partial charge in [-0.25, -0.2) is 4.99 Å². The van der Waals surface area contributed by atoms with E-state index in [-0.39, 0.29) is 25.5 Å². The van der Waals surface area contributed by atoms with Crippen molar-refractivity contribution >= 4 is 17.9 Å². The van der Waals surface area contributed by atoms with Gasteiger partial charge in [0.05, 0.1) is 12.2 Å². The summed E-state index contributed by atoms with van der Waals surface area (Å²) < 4.78 is 12.4. The van der Waals surface area contributed by atoms with Crippen molar-refractivity contribution in [3.05, 3.63) is 132 Å². The van der Waals surface area contributed by atoms with Crippen LogP contribution in [0.5, 0.6) is 5.75 Å². The lowest BCUT2D eigenvalue weighted by Gasteiger charge is -2.35. The van der Waals surface area contributed by atoms with Crippen molar-refractivity contribution in [3.63, 3.8) is 0 Å². The first-order chi connectivity index (χ1) is 23.5. The van der Waals surface area contributed by atoms with Gasteiger partial charge in [0.2, 0.25) is 5.90 Å². The van der Waals surface area contributed by atoms with Gasteiger partial charge < -0.3 is 25.0 Å². The average molecular weight is 645 g/mol. The third-order valence-corrected chi connectivity index (χ3v) is 9.25. The Morgan fingerprint density at radius 3 is 2.19 bits per heavy atom. The summed E-state index contributed by atoms with van der Waals surface area (Å²) in [4.78, 5) is 19.7. The minimum Gasteiger partial charge on any atom is -0.494 e. The van der Waals surface area contributed by atoms with Gasteiger partial charge in [0.1, 0.15) is 5.75 Å². The molecule has 0 aromatic heterocycles. The minimum absolute atomic E-state index is 0.0662. The topological polar surface area (TPSA) is 100 Å². The molecule has 0 unspecified atom stereocenters. The molecule has 0 bridgehead atoms. The molecule has 7 nitrogen and oxygen atoms in total. The zero-order chi connectivity index (χ0) is 33.2. The summed E-state index contributed by atoms with van der Waals surface area (Å²) in [5.74, 6) is 0.762. The highest BCUT2D eigenvalue weighted by atomic mass is 16.5. The fourth-order valence-electron chi connectivity index (χ4n) is 6.52. The number of ether oxygens (including phenoxy) is 2. The van der Waals surface area contributed by atoms with Gasteiger partial charge in [-0.15, -0.1) is 0 Å². The number of hydrogen-bond acceptors (Lipinski definition) is 6. The molecule has 0 radical (unpaired) electrons. The van der Waals surface area contributed by atoms with E-state index in [1.165, 1.54) is 0 Å². The normalized spacial score (nSPS) is 20.2. The Morgan fingerprint density at radius 1 is 0.854 bits per heavy atom. The zero-order valence-electron chi connectivity index (χ0n) is 27.3. The van der Waals surface area contributed by atoms with E-state index in [9.17, 15) is 9.90 Å². The van der Waals surface area contributed by atoms with Crippen LogP contribution < -0.4 is 10.1 Å². The molecule has 48 heavy (non-hydrogen) atoms. The van der Waals surface area contributed by atoms with Crippen LogP contribution in [-0.2, 0) is 9.53 Å². The molecule has 6 rings (SSSR count). The fraction of sp³-hybridized carbons (Fsp3) is 0.317. The molecule has 1 heterocycles. The van der Waals surface area contributed by atoms with Crippen molar-refractivity contribution in [2.75, 3.05) is 19.8 Å². The summed E-state index contributed by atoms with van der Waals surface area (Å²) in [5, 5.41) is 23.5. The van der Waals surface area contributed by atoms with Crippen LogP contribution in [0, 0.1) is 0 Å². The van der Waals surface area contributed by atoms with E-state index in [1.807, 2.05) is 97.1 Å². The standard InChI is InChI=1S/C41H44N2O5/c44-28-11-29-47-36-23-21-35(22-24-36)38-43-41(27-10-14-31-12-4-1-5-13-31,39(45)42-30-40(46)25-8-3-9-26-40)37(48-38)34-19-17-33(18-20-34)32-15-6-2-7-16-32/h1-2,4-7,10,12-24,37,44,46H,3,8-9,11,25-30H2,(H,42,45)/b14-10+/t37-,41-/m1/s1. The highest BCUT2D eigenvalue weighted by Crippen LogP contribution is 2.43. The minimum atomic E-state index is -1.34. The van der Waals surface area contributed by atoms with Crippen molar-refractivity contribution < 1.29 is 24.5 Å². The third-order valence-electron chi connectivity index (χ3n) is 9.25. The number of carbonyl (C=O) groups is 1. The third kappa shape index (κ3) is 7.87. The van der Waals surface area contributed by atoms with E-state index in [0.29, 0.717) is 37.5 Å². The van der Waals surface area contributed by atoms with E-state index < -0.39 is 17.2 Å². The molecule has 1 aliphatic carbocycles. The van der Waals surface area contributed by atoms with E-state index in [0.717, 1.165) is 47.1 Å². The predicted octanol–water partition coefficient (Wildman–Crippen LogP) is 7.29. The van der Waals surface area contributed by atoms with Crippen LogP contribution >= 0.6 is 0 Å². The number of benzene rings is 4. The van der Waals surface area contributed by atoms with Gasteiger partial charge in [-0.2, -0.15) is 0 Å². The van der Waals surface area contributed by atoms with Gasteiger partial charge in [0, 0.05) is 31.6 Å². The zero-order valence-corrected chi connectivity index (χ0v) is 27.3. The maximum Gasteiger partial charge on any atom is 0.252 e. The maximum absolute atomic E-state index is 14.6. The van der Waals surface area contributed by atoms with E-state index in [2.05, 4.69) is 29.6 Å². The predicted molar refractivity (Wildman–Crippen MR) is 190 cm³/mol. The number of amides is 1. The molecular formula is C41H44N2O5. The lowest BCUT2D eigenvalue weighted by molar-refractivity contribution is -0.130. The summed E-state index contributed by atoms with van der Waals surface area (Å²) in [6.45, 7) is 0.648. The first kappa shape index (κ1) is 33.2. The molecule has 4 aromatic carbocycles. The second kappa shape index (κ2) is 15.5. The fourth-order valence-corrected chi connectivity index (χ4v) is 6.52. The number of hydrogen-bond donors (Lipinski definition) is 3. The lowest BCUT2D eigenvalue weighted by atomic mass is 9.82. The van der Waals surface area contributed by atoms with Gasteiger partial charge in [-0.1, -0.05) is 116 Å². The summed E-state index contributed by atoms with van der Waals surface area (Å²) in [5.41, 5.74) is 2.47. The van der Waals surface area contributed by atoms with Crippen LogP contribution in [0.4, 0.5) is 0 Å². The van der Waals surface area contributed by atoms with Crippen molar-refractivity contribution in [1.82, 2.24) is 5.32 Å². The van der Waals surface area contributed by atoms with Crippen LogP contribution in [-0.4, -0.2) is 52.9 Å². The highest BCUT2D eigenvalue weighted by Gasteiger charge is 2.53. The summed E-state index contributed by atoms with van der Waals surface area (Å²) in [6.07, 6.45) is 8.41. The smallest absolute Gasteiger partial charge is 0.252 e. The molecule has 7 heteroatoms. The Labute approximate surface area is 283 Å². The lowest BCUT2D eigenvalue weighted by Crippen LogP contribution is -2.52. The summed E-state index contributed by atoms with van der Waals surface area (Å²) in [6, 6.07) is 35.7. The van der Waals surface area contributed by atoms with Crippen LogP contribution in [0.15, 0.2) is 120 Å². The van der Waals surface area contributed by atoms with Gasteiger partial charge in [-0.3, -0.25) is 4.79 Å². The summed E-state index contributed by atoms with van der Waals surface area (Å²) >= 11 is 0. The first-order valence-electron chi connectivity index (χ1n) is 17.0. The van der Waals surface area contributed by atoms with E-state index >= 15 is 0 Å². The van der Waals surface area contributed by atoms with E-state index in [4.69, 9.17) is 19.6 Å². The Hall–Kier alpha value is -4.72. The number of nitrogens with one attached hydrogen (secondary N) is 1. The Morgan fingerprint density at radius 2 is 1.50 bits per heavy atom. The van der Waals surface area contributed by atoms with Crippen molar-refractivity contribution in [3.8, 4) is 16.9 Å². The number of rotatable bonds is 13. The van der Waals surface area contributed by atoms with Crippen molar-refractivity contribution in [2.45, 2.75) is 62.2 Å². The second-order valence-electron chi connectivity index (χ2n) is 12.8. The van der Waals surface area contributed by atoms with Crippen molar-refractivity contribution in [1.29, 1.82) is 0 Å². The molecule has 0 saturated heterocycles. The summed E-state index contributed by atoms with van der Waals surface area (Å²) in [7, 11) is 0. The monoisotopic (exact) mass is 644 g/mol. The Bertz CT molecular complexity index is 1680. The number of nitrogens with zero attached hydrogens (tertiary/aromatic N) is 1. The number of aliphatic hydroxyl groups is 2. The van der Waals surface area contributed by atoms with E-state index in [1.54, 1.807) is 0 Å². The quantitative estimate of drug-likeness (QED) is 0.133. The molecule has 3 N–H and O–H groups in total. The Kier molecular flexibility index (Phi) is 10.7. The van der Waals surface area contributed by atoms with Crippen LogP contribution in [0.2, 0.25) is 0 Å². The van der Waals surface area contributed by atoms with Crippen LogP contribution in [0.3, 0.4) is 0 Å². The van der Waals surface area contributed by atoms with Crippen LogP contribution in [0.1, 0.15) is 67.7 Å². The molecule has 1 amide bonds.